The first-order valence-corrected chi connectivity index (χ1v) is 8.17. The Kier molecular flexibility index (Phi) is 8.03. The molecule has 0 aliphatic carbocycles. The molecule has 23 heavy (non-hydrogen) atoms. The molecular formula is C14H35N4O4P. The van der Waals surface area contributed by atoms with E-state index in [9.17, 15) is 5.21 Å². The van der Waals surface area contributed by atoms with E-state index in [1.54, 1.807) is 28.0 Å². The van der Waals surface area contributed by atoms with Crippen molar-refractivity contribution in [3.05, 3.63) is 10.6 Å². The molecule has 9 heteroatoms. The standard InChI is InChI=1S/C14H35N4O4P/c1-11(2,12(3,4)22-16-13(5,6)20-10)21-14(7,8)17(19)18(23)15-9/h16-18H,23H2,1-10H3. The molecule has 140 valence electrons. The van der Waals surface area contributed by atoms with Crippen LogP contribution in [0.1, 0.15) is 55.4 Å². The average Bonchev–Trinajstić information content (AvgIpc) is 2.42. The highest BCUT2D eigenvalue weighted by Gasteiger charge is 2.47. The molecule has 0 aromatic rings. The van der Waals surface area contributed by atoms with Crippen molar-refractivity contribution >= 4 is 9.39 Å². The van der Waals surface area contributed by atoms with Gasteiger partial charge in [0.05, 0.1) is 5.60 Å². The molecule has 0 aromatic carbocycles. The van der Waals surface area contributed by atoms with E-state index >= 15 is 0 Å². The zero-order chi connectivity index (χ0) is 18.7. The molecule has 3 unspecified atom stereocenters. The van der Waals surface area contributed by atoms with Crippen LogP contribution in [0, 0.1) is 5.21 Å². The Labute approximate surface area is 142 Å². The summed E-state index contributed by atoms with van der Waals surface area (Å²) < 4.78 is 11.4. The van der Waals surface area contributed by atoms with Crippen LogP contribution in [0.15, 0.2) is 0 Å². The van der Waals surface area contributed by atoms with Gasteiger partial charge in [0.15, 0.2) is 0 Å². The third-order valence-electron chi connectivity index (χ3n) is 4.04. The van der Waals surface area contributed by atoms with E-state index in [4.69, 9.17) is 14.3 Å². The van der Waals surface area contributed by atoms with Gasteiger partial charge < -0.3 is 20.1 Å². The summed E-state index contributed by atoms with van der Waals surface area (Å²) in [4.78, 5) is 6.17. The van der Waals surface area contributed by atoms with Gasteiger partial charge in [-0.1, -0.05) is 0 Å². The molecule has 0 amide bonds. The number of hydrogen-bond donors (Lipinski definition) is 3. The summed E-state index contributed by atoms with van der Waals surface area (Å²) in [5.41, 5.74) is 3.64. The Balaban J connectivity index is 5.08. The molecule has 0 aliphatic heterocycles. The van der Waals surface area contributed by atoms with Crippen molar-refractivity contribution < 1.29 is 24.4 Å². The minimum Gasteiger partial charge on any atom is -0.582 e. The van der Waals surface area contributed by atoms with Gasteiger partial charge in [-0.3, -0.25) is 4.84 Å². The first-order chi connectivity index (χ1) is 10.1. The topological polar surface area (TPSA) is 85.8 Å². The van der Waals surface area contributed by atoms with Gasteiger partial charge in [-0.25, -0.2) is 4.89 Å². The summed E-state index contributed by atoms with van der Waals surface area (Å²) in [5, 5.41) is 12.2. The third-order valence-corrected chi connectivity index (χ3v) is 4.56. The summed E-state index contributed by atoms with van der Waals surface area (Å²) in [7, 11) is 5.51. The first kappa shape index (κ1) is 23.1. The Hall–Kier alpha value is 0.110. The molecule has 0 saturated carbocycles. The van der Waals surface area contributed by atoms with Crippen LogP contribution in [0.2, 0.25) is 0 Å². The predicted molar refractivity (Wildman–Crippen MR) is 92.9 cm³/mol. The van der Waals surface area contributed by atoms with Crippen LogP contribution in [-0.4, -0.2) is 36.8 Å². The van der Waals surface area contributed by atoms with Crippen LogP contribution in [0.5, 0.6) is 0 Å². The summed E-state index contributed by atoms with van der Waals surface area (Å²) in [5.74, 6) is 0. The van der Waals surface area contributed by atoms with Crippen molar-refractivity contribution in [1.29, 1.82) is 0 Å². The largest absolute Gasteiger partial charge is 0.582 e. The lowest BCUT2D eigenvalue weighted by Crippen LogP contribution is -3.55. The molecule has 0 saturated heterocycles. The van der Waals surface area contributed by atoms with Crippen molar-refractivity contribution in [1.82, 2.24) is 5.48 Å². The maximum absolute atomic E-state index is 12.4. The highest BCUT2D eigenvalue weighted by molar-refractivity contribution is 7.07. The van der Waals surface area contributed by atoms with Crippen molar-refractivity contribution in [3.63, 3.8) is 0 Å². The monoisotopic (exact) mass is 354 g/mol. The van der Waals surface area contributed by atoms with Gasteiger partial charge in [0.1, 0.15) is 20.7 Å². The van der Waals surface area contributed by atoms with Gasteiger partial charge in [0.2, 0.25) is 5.72 Å². The lowest BCUT2D eigenvalue weighted by Gasteiger charge is -2.49. The first-order valence-electron chi connectivity index (χ1n) is 7.59. The molecule has 0 aromatic heterocycles. The number of hydrogen-bond acceptors (Lipinski definition) is 5. The smallest absolute Gasteiger partial charge is 0.239 e. The van der Waals surface area contributed by atoms with E-state index in [0.717, 1.165) is 0 Å². The van der Waals surface area contributed by atoms with E-state index in [1.165, 1.54) is 0 Å². The molecule has 8 nitrogen and oxygen atoms in total. The Morgan fingerprint density at radius 1 is 1.00 bits per heavy atom. The van der Waals surface area contributed by atoms with Crippen molar-refractivity contribution in [2.24, 2.45) is 0 Å². The molecule has 0 aliphatic rings. The normalized spacial score (nSPS) is 17.2. The molecule has 3 atom stereocenters. The zero-order valence-corrected chi connectivity index (χ0v) is 17.3. The van der Waals surface area contributed by atoms with E-state index in [1.807, 2.05) is 41.5 Å². The van der Waals surface area contributed by atoms with Crippen LogP contribution in [-0.2, 0) is 14.3 Å². The number of ether oxygens (including phenoxy) is 2. The van der Waals surface area contributed by atoms with Gasteiger partial charge in [-0.2, -0.15) is 10.7 Å². The van der Waals surface area contributed by atoms with Crippen LogP contribution < -0.4 is 15.5 Å². The Morgan fingerprint density at radius 3 is 1.87 bits per heavy atom. The fourth-order valence-electron chi connectivity index (χ4n) is 1.63. The second-order valence-corrected chi connectivity index (χ2v) is 8.04. The van der Waals surface area contributed by atoms with Gasteiger partial charge in [0, 0.05) is 21.0 Å². The van der Waals surface area contributed by atoms with Crippen molar-refractivity contribution in [2.75, 3.05) is 14.2 Å². The molecule has 0 heterocycles. The van der Waals surface area contributed by atoms with Crippen molar-refractivity contribution in [2.45, 2.75) is 78.0 Å². The maximum Gasteiger partial charge on any atom is 0.239 e. The SMILES string of the molecule is C[N-][NH+](P)[NH+]([O-])C(C)(C)OC(C)(C)C(C)(C)ONC(C)(C)OC. The van der Waals surface area contributed by atoms with Crippen LogP contribution >= 0.6 is 9.39 Å². The minimum absolute atomic E-state index is 0.181. The van der Waals surface area contributed by atoms with Gasteiger partial charge >= 0.3 is 0 Å². The molecule has 0 bridgehead atoms. The number of methoxy groups -OCH3 is 1. The predicted octanol–water partition coefficient (Wildman–Crippen LogP) is 0.0912. The second-order valence-electron chi connectivity index (χ2n) is 7.49. The Bertz CT molecular complexity index is 378. The minimum atomic E-state index is -1.03. The lowest BCUT2D eigenvalue weighted by atomic mass is 9.89. The fraction of sp³-hybridized carbons (Fsp3) is 1.00. The molecule has 0 radical (unpaired) electrons. The second kappa shape index (κ2) is 7.99. The summed E-state index contributed by atoms with van der Waals surface area (Å²) in [6, 6.07) is 0. The molecule has 0 spiro atoms. The Morgan fingerprint density at radius 2 is 1.48 bits per heavy atom. The zero-order valence-electron chi connectivity index (χ0n) is 16.2. The van der Waals surface area contributed by atoms with Crippen molar-refractivity contribution in [3.8, 4) is 0 Å². The maximum atomic E-state index is 12.4. The molecule has 3 N–H and O–H groups in total. The molecule has 0 fully saturated rings. The average molecular weight is 354 g/mol. The third kappa shape index (κ3) is 6.49. The van der Waals surface area contributed by atoms with E-state index in [-0.39, 0.29) is 5.17 Å². The highest BCUT2D eigenvalue weighted by Crippen LogP contribution is 2.31. The number of nitrogens with zero attached hydrogens (tertiary/aromatic N) is 1. The van der Waals surface area contributed by atoms with Gasteiger partial charge in [-0.15, -0.1) is 7.05 Å². The van der Waals surface area contributed by atoms with Crippen LogP contribution in [0.25, 0.3) is 5.43 Å². The lowest BCUT2D eigenvalue weighted by molar-refractivity contribution is -1.43. The summed E-state index contributed by atoms with van der Waals surface area (Å²) >= 11 is 0. The molecular weight excluding hydrogens is 319 g/mol. The number of quaternary nitrogens is 2. The van der Waals surface area contributed by atoms with E-state index in [2.05, 4.69) is 20.3 Å². The fourth-order valence-corrected chi connectivity index (χ4v) is 1.98. The number of hydroxylamine groups is 2. The summed E-state index contributed by atoms with van der Waals surface area (Å²) in [6.45, 7) is 14.7. The van der Waals surface area contributed by atoms with Crippen LogP contribution in [0.3, 0.4) is 0 Å². The summed E-state index contributed by atoms with van der Waals surface area (Å²) in [6.07, 6.45) is 0. The molecule has 0 rings (SSSR count). The van der Waals surface area contributed by atoms with Crippen LogP contribution in [0.4, 0.5) is 0 Å². The number of rotatable bonds is 10. The van der Waals surface area contributed by atoms with Gasteiger partial charge in [-0.05, 0) is 41.5 Å². The van der Waals surface area contributed by atoms with E-state index < -0.39 is 22.7 Å². The van der Waals surface area contributed by atoms with E-state index in [0.29, 0.717) is 4.89 Å². The highest BCUT2D eigenvalue weighted by atomic mass is 31.0. The van der Waals surface area contributed by atoms with Gasteiger partial charge in [0.25, 0.3) is 0 Å². The quantitative estimate of drug-likeness (QED) is 0.294. The number of nitrogens with one attached hydrogen (secondary N) is 3.